The van der Waals surface area contributed by atoms with Crippen LogP contribution in [0.3, 0.4) is 0 Å². The van der Waals surface area contributed by atoms with Crippen molar-refractivity contribution in [3.8, 4) is 0 Å². The molecule has 0 saturated carbocycles. The van der Waals surface area contributed by atoms with Crippen molar-refractivity contribution in [3.63, 3.8) is 0 Å². The Morgan fingerprint density at radius 1 is 1.15 bits per heavy atom. The van der Waals surface area contributed by atoms with Crippen molar-refractivity contribution in [1.82, 2.24) is 4.90 Å². The zero-order valence-electron chi connectivity index (χ0n) is 15.5. The minimum absolute atomic E-state index is 0. The van der Waals surface area contributed by atoms with E-state index in [0.717, 1.165) is 61.5 Å². The molecular formula is C19H30ClN3O2S. The van der Waals surface area contributed by atoms with Crippen LogP contribution in [0.5, 0.6) is 0 Å². The molecule has 0 aliphatic carbocycles. The maximum Gasteiger partial charge on any atom is 0.254 e. The second-order valence-corrected chi connectivity index (χ2v) is 7.61. The lowest BCUT2D eigenvalue weighted by atomic mass is 10.0. The number of nitrogens with zero attached hydrogens (tertiary/aromatic N) is 1. The van der Waals surface area contributed by atoms with Crippen LogP contribution >= 0.6 is 24.2 Å². The molecule has 1 saturated heterocycles. The van der Waals surface area contributed by atoms with Gasteiger partial charge in [0.05, 0.1) is 0 Å². The lowest BCUT2D eigenvalue weighted by Crippen LogP contribution is -2.38. The van der Waals surface area contributed by atoms with Gasteiger partial charge < -0.3 is 16.0 Å². The summed E-state index contributed by atoms with van der Waals surface area (Å²) in [6, 6.07) is 5.56. The third kappa shape index (κ3) is 6.82. The highest BCUT2D eigenvalue weighted by molar-refractivity contribution is 7.99. The number of carbonyl (C=O) groups excluding carboxylic acids is 2. The number of carbonyl (C=O) groups is 2. The number of nitrogens with one attached hydrogen (secondary N) is 1. The molecule has 7 heteroatoms. The molecule has 1 heterocycles. The molecule has 1 aromatic carbocycles. The summed E-state index contributed by atoms with van der Waals surface area (Å²) in [5.41, 5.74) is 7.75. The minimum Gasteiger partial charge on any atom is -0.337 e. The van der Waals surface area contributed by atoms with Crippen molar-refractivity contribution in [3.05, 3.63) is 29.3 Å². The number of rotatable bonds is 8. The fourth-order valence-electron chi connectivity index (χ4n) is 2.94. The predicted molar refractivity (Wildman–Crippen MR) is 112 cm³/mol. The van der Waals surface area contributed by atoms with Crippen LogP contribution in [0.2, 0.25) is 0 Å². The molecule has 3 N–H and O–H groups in total. The van der Waals surface area contributed by atoms with Crippen LogP contribution in [0, 0.1) is 6.92 Å². The van der Waals surface area contributed by atoms with Crippen molar-refractivity contribution in [2.75, 3.05) is 36.5 Å². The SMILES string of the molecule is Cc1c(NC(=O)CCCCCCN)cccc1C(=O)N1CCSCC1.Cl. The third-order valence-corrected chi connectivity index (χ3v) is 5.44. The molecule has 1 fully saturated rings. The number of thioether (sulfide) groups is 1. The number of benzene rings is 1. The molecule has 0 unspecified atom stereocenters. The molecule has 146 valence electrons. The van der Waals surface area contributed by atoms with Crippen LogP contribution in [0.1, 0.15) is 48.0 Å². The highest BCUT2D eigenvalue weighted by atomic mass is 35.5. The molecule has 1 aromatic rings. The summed E-state index contributed by atoms with van der Waals surface area (Å²) in [5, 5.41) is 2.96. The average Bonchev–Trinajstić information content (AvgIpc) is 2.63. The van der Waals surface area contributed by atoms with Crippen LogP contribution in [-0.4, -0.2) is 47.9 Å². The molecule has 1 aliphatic rings. The van der Waals surface area contributed by atoms with Gasteiger partial charge in [-0.1, -0.05) is 18.9 Å². The number of unbranched alkanes of at least 4 members (excludes halogenated alkanes) is 3. The Bertz CT molecular complexity index is 592. The molecule has 0 radical (unpaired) electrons. The zero-order chi connectivity index (χ0) is 18.1. The van der Waals surface area contributed by atoms with Crippen molar-refractivity contribution in [2.24, 2.45) is 5.73 Å². The Morgan fingerprint density at radius 2 is 1.85 bits per heavy atom. The highest BCUT2D eigenvalue weighted by Crippen LogP contribution is 2.22. The van der Waals surface area contributed by atoms with Crippen LogP contribution in [-0.2, 0) is 4.79 Å². The molecular weight excluding hydrogens is 370 g/mol. The number of halogens is 1. The van der Waals surface area contributed by atoms with E-state index in [1.165, 1.54) is 0 Å². The van der Waals surface area contributed by atoms with E-state index in [0.29, 0.717) is 18.5 Å². The van der Waals surface area contributed by atoms with Gasteiger partial charge in [0.1, 0.15) is 0 Å². The zero-order valence-corrected chi connectivity index (χ0v) is 17.1. The molecule has 2 amide bonds. The Labute approximate surface area is 166 Å². The van der Waals surface area contributed by atoms with Crippen LogP contribution < -0.4 is 11.1 Å². The summed E-state index contributed by atoms with van der Waals surface area (Å²) in [6.07, 6.45) is 4.48. The quantitative estimate of drug-likeness (QED) is 0.656. The molecule has 0 atom stereocenters. The number of amides is 2. The fourth-order valence-corrected chi connectivity index (χ4v) is 3.84. The van der Waals surface area contributed by atoms with Crippen LogP contribution in [0.15, 0.2) is 18.2 Å². The monoisotopic (exact) mass is 399 g/mol. The van der Waals surface area contributed by atoms with Gasteiger partial charge in [-0.15, -0.1) is 12.4 Å². The normalized spacial score (nSPS) is 13.8. The van der Waals surface area contributed by atoms with Gasteiger partial charge in [0.25, 0.3) is 5.91 Å². The molecule has 0 spiro atoms. The second kappa shape index (κ2) is 12.2. The summed E-state index contributed by atoms with van der Waals surface area (Å²) >= 11 is 1.88. The van der Waals surface area contributed by atoms with E-state index in [1.807, 2.05) is 41.8 Å². The van der Waals surface area contributed by atoms with Crippen LogP contribution in [0.25, 0.3) is 0 Å². The standard InChI is InChI=1S/C19H29N3O2S.ClH/c1-15-16(19(24)22-11-13-25-14-12-22)7-6-8-17(15)21-18(23)9-4-2-3-5-10-20;/h6-8H,2-5,9-14,20H2,1H3,(H,21,23);1H. The Hall–Kier alpha value is -1.24. The molecule has 0 bridgehead atoms. The van der Waals surface area contributed by atoms with Gasteiger partial charge in [0.2, 0.25) is 5.91 Å². The maximum atomic E-state index is 12.7. The number of hydrogen-bond acceptors (Lipinski definition) is 4. The Kier molecular flexibility index (Phi) is 10.7. The molecule has 1 aliphatic heterocycles. The van der Waals surface area contributed by atoms with E-state index in [2.05, 4.69) is 5.32 Å². The first-order valence-electron chi connectivity index (χ1n) is 9.10. The highest BCUT2D eigenvalue weighted by Gasteiger charge is 2.21. The summed E-state index contributed by atoms with van der Waals surface area (Å²) in [5.74, 6) is 2.06. The van der Waals surface area contributed by atoms with Gasteiger partial charge in [0, 0.05) is 42.3 Å². The lowest BCUT2D eigenvalue weighted by Gasteiger charge is -2.27. The largest absolute Gasteiger partial charge is 0.337 e. The van der Waals surface area contributed by atoms with Crippen LogP contribution in [0.4, 0.5) is 5.69 Å². The summed E-state index contributed by atoms with van der Waals surface area (Å²) < 4.78 is 0. The van der Waals surface area contributed by atoms with Crippen molar-refractivity contribution >= 4 is 41.7 Å². The molecule has 26 heavy (non-hydrogen) atoms. The number of hydrogen-bond donors (Lipinski definition) is 2. The summed E-state index contributed by atoms with van der Waals surface area (Å²) in [4.78, 5) is 26.8. The second-order valence-electron chi connectivity index (χ2n) is 6.38. The van der Waals surface area contributed by atoms with Crippen molar-refractivity contribution < 1.29 is 9.59 Å². The van der Waals surface area contributed by atoms with Gasteiger partial charge in [0.15, 0.2) is 0 Å². The fraction of sp³-hybridized carbons (Fsp3) is 0.579. The van der Waals surface area contributed by atoms with E-state index in [-0.39, 0.29) is 24.2 Å². The molecule has 2 rings (SSSR count). The first kappa shape index (κ1) is 22.8. The summed E-state index contributed by atoms with van der Waals surface area (Å²) in [6.45, 7) is 4.20. The first-order chi connectivity index (χ1) is 12.1. The average molecular weight is 400 g/mol. The first-order valence-corrected chi connectivity index (χ1v) is 10.3. The number of nitrogens with two attached hydrogens (primary N) is 1. The topological polar surface area (TPSA) is 75.4 Å². The van der Waals surface area contributed by atoms with E-state index in [4.69, 9.17) is 5.73 Å². The Morgan fingerprint density at radius 3 is 2.54 bits per heavy atom. The minimum atomic E-state index is 0. The van der Waals surface area contributed by atoms with Gasteiger partial charge in [-0.3, -0.25) is 9.59 Å². The number of anilines is 1. The van der Waals surface area contributed by atoms with Gasteiger partial charge >= 0.3 is 0 Å². The van der Waals surface area contributed by atoms with Gasteiger partial charge in [-0.25, -0.2) is 0 Å². The van der Waals surface area contributed by atoms with E-state index in [9.17, 15) is 9.59 Å². The van der Waals surface area contributed by atoms with E-state index >= 15 is 0 Å². The Balaban J connectivity index is 0.00000338. The lowest BCUT2D eigenvalue weighted by molar-refractivity contribution is -0.116. The van der Waals surface area contributed by atoms with Gasteiger partial charge in [-0.05, 0) is 44.0 Å². The molecule has 5 nitrogen and oxygen atoms in total. The van der Waals surface area contributed by atoms with Gasteiger partial charge in [-0.2, -0.15) is 11.8 Å². The predicted octanol–water partition coefficient (Wildman–Crippen LogP) is 3.45. The van der Waals surface area contributed by atoms with Crippen molar-refractivity contribution in [1.29, 1.82) is 0 Å². The van der Waals surface area contributed by atoms with Crippen molar-refractivity contribution in [2.45, 2.75) is 39.0 Å². The maximum absolute atomic E-state index is 12.7. The molecule has 0 aromatic heterocycles. The summed E-state index contributed by atoms with van der Waals surface area (Å²) in [7, 11) is 0. The third-order valence-electron chi connectivity index (χ3n) is 4.49. The van der Waals surface area contributed by atoms with E-state index < -0.39 is 0 Å². The smallest absolute Gasteiger partial charge is 0.254 e. The van der Waals surface area contributed by atoms with E-state index in [1.54, 1.807) is 0 Å².